The van der Waals surface area contributed by atoms with Crippen LogP contribution in [0.15, 0.2) is 23.3 Å². The van der Waals surface area contributed by atoms with E-state index in [2.05, 4.69) is 10.5 Å². The van der Waals surface area contributed by atoms with Crippen LogP contribution >= 0.6 is 22.9 Å². The van der Waals surface area contributed by atoms with Crippen molar-refractivity contribution in [3.8, 4) is 11.5 Å². The van der Waals surface area contributed by atoms with Crippen molar-refractivity contribution < 1.29 is 14.6 Å². The second-order valence-corrected chi connectivity index (χ2v) is 6.94. The molecule has 3 rings (SSSR count). The normalized spacial score (nSPS) is 13.2. The molecule has 1 aliphatic carbocycles. The minimum Gasteiger partial charge on any atom is -0.503 e. The zero-order valence-electron chi connectivity index (χ0n) is 13.1. The molecule has 1 amide bonds. The third kappa shape index (κ3) is 3.55. The molecule has 0 bridgehead atoms. The number of hydrogen-bond acceptors (Lipinski definition) is 5. The summed E-state index contributed by atoms with van der Waals surface area (Å²) in [6.07, 6.45) is 4.75. The zero-order valence-corrected chi connectivity index (χ0v) is 14.7. The molecule has 2 aromatic rings. The fourth-order valence-electron chi connectivity index (χ4n) is 2.60. The summed E-state index contributed by atoms with van der Waals surface area (Å²) in [5.74, 6) is -0.0409. The van der Waals surface area contributed by atoms with Crippen molar-refractivity contribution in [1.82, 2.24) is 5.43 Å². The average molecular weight is 365 g/mol. The number of phenolic OH excluding ortho intramolecular Hbond substituents is 1. The molecule has 0 unspecified atom stereocenters. The predicted octanol–water partition coefficient (Wildman–Crippen LogP) is 3.76. The lowest BCUT2D eigenvalue weighted by atomic mass is 10.2. The van der Waals surface area contributed by atoms with Crippen LogP contribution in [0.2, 0.25) is 5.02 Å². The fraction of sp³-hybridized carbons (Fsp3) is 0.294. The van der Waals surface area contributed by atoms with E-state index in [1.165, 1.54) is 34.4 Å². The van der Waals surface area contributed by atoms with Crippen LogP contribution in [0.5, 0.6) is 11.5 Å². The van der Waals surface area contributed by atoms with Gasteiger partial charge in [-0.15, -0.1) is 11.3 Å². The Morgan fingerprint density at radius 3 is 3.04 bits per heavy atom. The lowest BCUT2D eigenvalue weighted by molar-refractivity contribution is 0.0959. The molecule has 1 heterocycles. The van der Waals surface area contributed by atoms with Gasteiger partial charge in [-0.1, -0.05) is 11.6 Å². The van der Waals surface area contributed by atoms with Crippen molar-refractivity contribution in [2.24, 2.45) is 5.10 Å². The van der Waals surface area contributed by atoms with Crippen LogP contribution in [0.1, 0.15) is 39.0 Å². The van der Waals surface area contributed by atoms with Gasteiger partial charge in [0.1, 0.15) is 0 Å². The van der Waals surface area contributed by atoms with Crippen molar-refractivity contribution in [3.05, 3.63) is 44.1 Å². The Morgan fingerprint density at radius 2 is 2.29 bits per heavy atom. The maximum atomic E-state index is 12.1. The van der Waals surface area contributed by atoms with Gasteiger partial charge in [0, 0.05) is 4.88 Å². The highest BCUT2D eigenvalue weighted by Crippen LogP contribution is 2.34. The number of fused-ring (bicyclic) bond motifs is 1. The molecular formula is C17H17ClN2O3S. The van der Waals surface area contributed by atoms with Gasteiger partial charge in [-0.05, 0) is 55.5 Å². The number of rotatable bonds is 5. The number of nitrogens with zero attached hydrogens (tertiary/aromatic N) is 1. The van der Waals surface area contributed by atoms with Crippen LogP contribution in [-0.2, 0) is 12.8 Å². The molecule has 2 N–H and O–H groups in total. The molecule has 24 heavy (non-hydrogen) atoms. The molecule has 0 spiro atoms. The number of carbonyl (C=O) groups is 1. The molecule has 7 heteroatoms. The first-order valence-electron chi connectivity index (χ1n) is 7.68. The largest absolute Gasteiger partial charge is 0.503 e. The third-order valence-electron chi connectivity index (χ3n) is 3.70. The van der Waals surface area contributed by atoms with Crippen molar-refractivity contribution in [3.63, 3.8) is 0 Å². The van der Waals surface area contributed by atoms with Gasteiger partial charge in [0.2, 0.25) is 0 Å². The molecule has 1 aliphatic rings. The van der Waals surface area contributed by atoms with E-state index >= 15 is 0 Å². The minimum absolute atomic E-state index is 0.104. The number of benzene rings is 1. The number of ether oxygens (including phenoxy) is 1. The zero-order chi connectivity index (χ0) is 17.1. The quantitative estimate of drug-likeness (QED) is 0.626. The summed E-state index contributed by atoms with van der Waals surface area (Å²) in [4.78, 5) is 14.1. The number of nitrogens with one attached hydrogen (secondary N) is 1. The Bertz CT molecular complexity index is 780. The Balaban J connectivity index is 1.68. The molecule has 1 aromatic heterocycles. The molecule has 0 saturated carbocycles. The minimum atomic E-state index is -0.222. The first-order valence-corrected chi connectivity index (χ1v) is 8.88. The van der Waals surface area contributed by atoms with E-state index in [-0.39, 0.29) is 22.4 Å². The van der Waals surface area contributed by atoms with Crippen molar-refractivity contribution in [2.45, 2.75) is 26.2 Å². The summed E-state index contributed by atoms with van der Waals surface area (Å²) in [6, 6.07) is 5.11. The number of hydrogen-bond donors (Lipinski definition) is 2. The summed E-state index contributed by atoms with van der Waals surface area (Å²) < 4.78 is 5.31. The molecule has 1 aromatic carbocycles. The number of aromatic hydroxyl groups is 1. The maximum Gasteiger partial charge on any atom is 0.281 e. The summed E-state index contributed by atoms with van der Waals surface area (Å²) in [5, 5.41) is 13.9. The smallest absolute Gasteiger partial charge is 0.281 e. The summed E-state index contributed by atoms with van der Waals surface area (Å²) in [5.41, 5.74) is 4.42. The number of thiophene rings is 1. The Kier molecular flexibility index (Phi) is 5.06. The van der Waals surface area contributed by atoms with E-state index in [1.807, 2.05) is 13.0 Å². The van der Waals surface area contributed by atoms with Crippen LogP contribution in [0, 0.1) is 0 Å². The number of aryl methyl sites for hydroxylation is 2. The standard InChI is InChI=1S/C17H17ClN2O3S/c1-2-23-13-7-10(6-12(18)16(13)21)9-19-20-17(22)15-8-11-4-3-5-14(11)24-15/h6-9,21H,2-5H2,1H3,(H,20,22)/b19-9+. The summed E-state index contributed by atoms with van der Waals surface area (Å²) in [7, 11) is 0. The van der Waals surface area contributed by atoms with Gasteiger partial charge in [-0.25, -0.2) is 5.43 Å². The van der Waals surface area contributed by atoms with Gasteiger partial charge in [0.25, 0.3) is 5.91 Å². The second-order valence-electron chi connectivity index (χ2n) is 5.39. The molecule has 0 atom stereocenters. The van der Waals surface area contributed by atoms with Gasteiger partial charge in [0.05, 0.1) is 22.7 Å². The Morgan fingerprint density at radius 1 is 1.46 bits per heavy atom. The van der Waals surface area contributed by atoms with Gasteiger partial charge >= 0.3 is 0 Å². The van der Waals surface area contributed by atoms with Crippen molar-refractivity contribution in [1.29, 1.82) is 0 Å². The highest BCUT2D eigenvalue weighted by molar-refractivity contribution is 7.14. The maximum absolute atomic E-state index is 12.1. The summed E-state index contributed by atoms with van der Waals surface area (Å²) >= 11 is 7.49. The van der Waals surface area contributed by atoms with E-state index in [1.54, 1.807) is 12.1 Å². The van der Waals surface area contributed by atoms with Gasteiger partial charge < -0.3 is 9.84 Å². The first-order chi connectivity index (χ1) is 11.6. The first kappa shape index (κ1) is 16.8. The van der Waals surface area contributed by atoms with E-state index in [4.69, 9.17) is 16.3 Å². The highest BCUT2D eigenvalue weighted by Gasteiger charge is 2.18. The van der Waals surface area contributed by atoms with Crippen molar-refractivity contribution >= 4 is 35.1 Å². The van der Waals surface area contributed by atoms with Crippen LogP contribution in [0.4, 0.5) is 0 Å². The van der Waals surface area contributed by atoms with E-state index in [0.717, 1.165) is 12.8 Å². The highest BCUT2D eigenvalue weighted by atomic mass is 35.5. The van der Waals surface area contributed by atoms with Crippen LogP contribution in [0.3, 0.4) is 0 Å². The number of phenols is 1. The van der Waals surface area contributed by atoms with Crippen molar-refractivity contribution in [2.75, 3.05) is 6.61 Å². The van der Waals surface area contributed by atoms with E-state index < -0.39 is 0 Å². The van der Waals surface area contributed by atoms with Crippen LogP contribution < -0.4 is 10.2 Å². The van der Waals surface area contributed by atoms with Gasteiger partial charge in [-0.2, -0.15) is 5.10 Å². The second kappa shape index (κ2) is 7.23. The van der Waals surface area contributed by atoms with Gasteiger partial charge in [0.15, 0.2) is 11.5 Å². The molecule has 5 nitrogen and oxygen atoms in total. The molecule has 0 fully saturated rings. The SMILES string of the molecule is CCOc1cc(/C=N/NC(=O)c2cc3c(s2)CCC3)cc(Cl)c1O. The fourth-order valence-corrected chi connectivity index (χ4v) is 3.96. The van der Waals surface area contributed by atoms with Crippen LogP contribution in [0.25, 0.3) is 0 Å². The number of hydrazone groups is 1. The molecule has 126 valence electrons. The Hall–Kier alpha value is -2.05. The summed E-state index contributed by atoms with van der Waals surface area (Å²) in [6.45, 7) is 2.22. The van der Waals surface area contributed by atoms with Crippen LogP contribution in [-0.4, -0.2) is 23.8 Å². The van der Waals surface area contributed by atoms with E-state index in [0.29, 0.717) is 17.0 Å². The number of halogens is 1. The molecule has 0 aliphatic heterocycles. The molecular weight excluding hydrogens is 348 g/mol. The Labute approximate surface area is 148 Å². The molecule has 0 radical (unpaired) electrons. The predicted molar refractivity (Wildman–Crippen MR) is 95.7 cm³/mol. The van der Waals surface area contributed by atoms with E-state index in [9.17, 15) is 9.90 Å². The average Bonchev–Trinajstić information content (AvgIpc) is 3.13. The lowest BCUT2D eigenvalue weighted by Crippen LogP contribution is -2.16. The monoisotopic (exact) mass is 364 g/mol. The van der Waals surface area contributed by atoms with Gasteiger partial charge in [-0.3, -0.25) is 4.79 Å². The number of carbonyl (C=O) groups excluding carboxylic acids is 1. The topological polar surface area (TPSA) is 70.9 Å². The third-order valence-corrected chi connectivity index (χ3v) is 5.22. The lowest BCUT2D eigenvalue weighted by Gasteiger charge is -2.08. The molecule has 0 saturated heterocycles. The number of amides is 1.